The Morgan fingerprint density at radius 2 is 2.50 bits per heavy atom. The van der Waals surface area contributed by atoms with Crippen LogP contribution >= 0.6 is 9.39 Å². The van der Waals surface area contributed by atoms with Crippen LogP contribution in [-0.2, 0) is 0 Å². The zero-order valence-electron chi connectivity index (χ0n) is 4.67. The highest BCUT2D eigenvalue weighted by molar-refractivity contribution is 7.13. The minimum absolute atomic E-state index is 0.167. The van der Waals surface area contributed by atoms with E-state index in [1.165, 1.54) is 6.42 Å². The van der Waals surface area contributed by atoms with Gasteiger partial charge in [0.2, 0.25) is 0 Å². The molecule has 0 radical (unpaired) electrons. The van der Waals surface area contributed by atoms with Crippen LogP contribution in [0.5, 0.6) is 0 Å². The average Bonchev–Trinajstić information content (AvgIpc) is 2.14. The van der Waals surface area contributed by atoms with Crippen molar-refractivity contribution in [2.45, 2.75) is 18.9 Å². The van der Waals surface area contributed by atoms with Crippen molar-refractivity contribution in [3.05, 3.63) is 0 Å². The van der Waals surface area contributed by atoms with Crippen LogP contribution in [0.2, 0.25) is 0 Å². The number of hydrogen-bond donors (Lipinski definition) is 0. The summed E-state index contributed by atoms with van der Waals surface area (Å²) in [7, 11) is 2.57. The fourth-order valence-electron chi connectivity index (χ4n) is 0.928. The Morgan fingerprint density at radius 1 is 1.75 bits per heavy atom. The molecule has 0 aromatic carbocycles. The van der Waals surface area contributed by atoms with Crippen LogP contribution in [0, 0.1) is 11.3 Å². The standard InChI is InChI=1S/C5H9N2P/c6-4-5-2-1-3-7(5)8/h5H,1-3,8H2/t5-/m0/s1. The van der Waals surface area contributed by atoms with Crippen LogP contribution in [0.15, 0.2) is 0 Å². The van der Waals surface area contributed by atoms with Crippen molar-refractivity contribution in [2.24, 2.45) is 0 Å². The van der Waals surface area contributed by atoms with Crippen LogP contribution in [0.1, 0.15) is 12.8 Å². The summed E-state index contributed by atoms with van der Waals surface area (Å²) in [6.45, 7) is 1.06. The smallest absolute Gasteiger partial charge is 0.101 e. The molecule has 1 saturated heterocycles. The Labute approximate surface area is 51.7 Å². The Balaban J connectivity index is 2.45. The minimum Gasteiger partial charge on any atom is -0.272 e. The molecule has 0 amide bonds. The molecule has 0 aromatic rings. The molecule has 0 aliphatic carbocycles. The molecular formula is C5H9N2P. The highest BCUT2D eigenvalue weighted by Crippen LogP contribution is 2.19. The fourth-order valence-corrected chi connectivity index (χ4v) is 1.33. The fraction of sp³-hybridized carbons (Fsp3) is 0.800. The lowest BCUT2D eigenvalue weighted by Crippen LogP contribution is -2.15. The Bertz CT molecular complexity index is 118. The molecule has 3 heteroatoms. The van der Waals surface area contributed by atoms with E-state index in [4.69, 9.17) is 5.26 Å². The van der Waals surface area contributed by atoms with Crippen molar-refractivity contribution in [1.29, 1.82) is 5.26 Å². The molecule has 1 fully saturated rings. The first kappa shape index (κ1) is 6.01. The van der Waals surface area contributed by atoms with Crippen LogP contribution in [0.4, 0.5) is 0 Å². The minimum atomic E-state index is 0.167. The molecule has 0 aromatic heterocycles. The molecule has 0 spiro atoms. The van der Waals surface area contributed by atoms with Crippen molar-refractivity contribution in [1.82, 2.24) is 4.67 Å². The molecule has 2 nitrogen and oxygen atoms in total. The zero-order valence-corrected chi connectivity index (χ0v) is 5.83. The SMILES string of the molecule is N#C[C@@H]1CCCN1P. The first-order valence-electron chi connectivity index (χ1n) is 2.75. The number of nitrogens with zero attached hydrogens (tertiary/aromatic N) is 2. The summed E-state index contributed by atoms with van der Waals surface area (Å²) in [5.74, 6) is 0. The quantitative estimate of drug-likeness (QED) is 0.450. The van der Waals surface area contributed by atoms with Crippen LogP contribution < -0.4 is 0 Å². The van der Waals surface area contributed by atoms with Gasteiger partial charge in [0.1, 0.15) is 6.04 Å². The van der Waals surface area contributed by atoms with E-state index in [9.17, 15) is 0 Å². The molecular weight excluding hydrogens is 119 g/mol. The summed E-state index contributed by atoms with van der Waals surface area (Å²) in [6, 6.07) is 2.39. The molecule has 0 saturated carbocycles. The monoisotopic (exact) mass is 128 g/mol. The maximum absolute atomic E-state index is 8.43. The van der Waals surface area contributed by atoms with Gasteiger partial charge in [-0.2, -0.15) is 5.26 Å². The molecule has 1 unspecified atom stereocenters. The molecule has 1 heterocycles. The molecule has 1 aliphatic heterocycles. The lowest BCUT2D eigenvalue weighted by atomic mass is 10.2. The second-order valence-corrected chi connectivity index (χ2v) is 2.69. The van der Waals surface area contributed by atoms with Gasteiger partial charge < -0.3 is 0 Å². The van der Waals surface area contributed by atoms with E-state index in [1.807, 2.05) is 4.67 Å². The van der Waals surface area contributed by atoms with Gasteiger partial charge in [0, 0.05) is 6.54 Å². The average molecular weight is 128 g/mol. The molecule has 0 bridgehead atoms. The van der Waals surface area contributed by atoms with Crippen LogP contribution in [0.25, 0.3) is 0 Å². The number of hydrogen-bond acceptors (Lipinski definition) is 2. The molecule has 2 atom stereocenters. The summed E-state index contributed by atoms with van der Waals surface area (Å²) in [4.78, 5) is 0. The summed E-state index contributed by atoms with van der Waals surface area (Å²) < 4.78 is 2.01. The maximum atomic E-state index is 8.43. The summed E-state index contributed by atoms with van der Waals surface area (Å²) in [5, 5.41) is 8.43. The third-order valence-corrected chi connectivity index (χ3v) is 2.06. The van der Waals surface area contributed by atoms with Gasteiger partial charge in [-0.05, 0) is 12.8 Å². The molecule has 1 rings (SSSR count). The predicted molar refractivity (Wildman–Crippen MR) is 35.1 cm³/mol. The van der Waals surface area contributed by atoms with E-state index < -0.39 is 0 Å². The van der Waals surface area contributed by atoms with Crippen molar-refractivity contribution in [3.63, 3.8) is 0 Å². The van der Waals surface area contributed by atoms with Crippen molar-refractivity contribution in [3.8, 4) is 6.07 Å². The molecule has 44 valence electrons. The van der Waals surface area contributed by atoms with Gasteiger partial charge >= 0.3 is 0 Å². The van der Waals surface area contributed by atoms with Gasteiger partial charge in [0.15, 0.2) is 0 Å². The topological polar surface area (TPSA) is 27.0 Å². The third-order valence-electron chi connectivity index (χ3n) is 1.44. The first-order valence-corrected chi connectivity index (χ1v) is 3.27. The lowest BCUT2D eigenvalue weighted by Gasteiger charge is -2.08. The summed E-state index contributed by atoms with van der Waals surface area (Å²) in [6.07, 6.45) is 2.21. The van der Waals surface area contributed by atoms with Gasteiger partial charge in [-0.3, -0.25) is 4.67 Å². The lowest BCUT2D eigenvalue weighted by molar-refractivity contribution is 0.512. The van der Waals surface area contributed by atoms with Crippen molar-refractivity contribution >= 4 is 9.39 Å². The van der Waals surface area contributed by atoms with E-state index in [-0.39, 0.29) is 6.04 Å². The van der Waals surface area contributed by atoms with Crippen molar-refractivity contribution in [2.75, 3.05) is 6.54 Å². The number of rotatable bonds is 0. The van der Waals surface area contributed by atoms with Gasteiger partial charge in [-0.15, -0.1) is 0 Å². The van der Waals surface area contributed by atoms with Crippen LogP contribution in [0.3, 0.4) is 0 Å². The van der Waals surface area contributed by atoms with Crippen LogP contribution in [-0.4, -0.2) is 17.3 Å². The zero-order chi connectivity index (χ0) is 5.98. The third kappa shape index (κ3) is 0.992. The Hall–Kier alpha value is -0.120. The highest BCUT2D eigenvalue weighted by atomic mass is 31.0. The maximum Gasteiger partial charge on any atom is 0.101 e. The van der Waals surface area contributed by atoms with Gasteiger partial charge in [0.25, 0.3) is 0 Å². The molecule has 8 heavy (non-hydrogen) atoms. The Morgan fingerprint density at radius 3 is 2.75 bits per heavy atom. The van der Waals surface area contributed by atoms with E-state index in [0.29, 0.717) is 0 Å². The van der Waals surface area contributed by atoms with E-state index in [2.05, 4.69) is 15.5 Å². The predicted octanol–water partition coefficient (Wildman–Crippen LogP) is 0.764. The number of nitriles is 1. The van der Waals surface area contributed by atoms with E-state index in [0.717, 1.165) is 13.0 Å². The van der Waals surface area contributed by atoms with Gasteiger partial charge in [-0.1, -0.05) is 9.39 Å². The summed E-state index contributed by atoms with van der Waals surface area (Å²) in [5.41, 5.74) is 0. The second-order valence-electron chi connectivity index (χ2n) is 2.02. The highest BCUT2D eigenvalue weighted by Gasteiger charge is 2.19. The van der Waals surface area contributed by atoms with Gasteiger partial charge in [0.05, 0.1) is 6.07 Å². The second kappa shape index (κ2) is 2.44. The normalized spacial score (nSPS) is 30.2. The van der Waals surface area contributed by atoms with E-state index >= 15 is 0 Å². The van der Waals surface area contributed by atoms with Gasteiger partial charge in [-0.25, -0.2) is 0 Å². The first-order chi connectivity index (χ1) is 3.84. The molecule has 0 N–H and O–H groups in total. The largest absolute Gasteiger partial charge is 0.272 e. The summed E-state index contributed by atoms with van der Waals surface area (Å²) >= 11 is 0. The molecule has 1 aliphatic rings. The van der Waals surface area contributed by atoms with E-state index in [1.54, 1.807) is 0 Å². The Kier molecular flexibility index (Phi) is 1.83. The van der Waals surface area contributed by atoms with Crippen molar-refractivity contribution < 1.29 is 0 Å².